The normalized spacial score (nSPS) is 27.2. The predicted molar refractivity (Wildman–Crippen MR) is 109 cm³/mol. The number of hydrogen-bond acceptors (Lipinski definition) is 4. The molecule has 2 aromatic carbocycles. The van der Waals surface area contributed by atoms with Crippen molar-refractivity contribution in [1.82, 2.24) is 9.80 Å². The van der Waals surface area contributed by atoms with Gasteiger partial charge in [-0.3, -0.25) is 9.69 Å². The molecule has 5 rings (SSSR count). The van der Waals surface area contributed by atoms with E-state index in [-0.39, 0.29) is 24.5 Å². The van der Waals surface area contributed by atoms with Gasteiger partial charge in [0.15, 0.2) is 0 Å². The summed E-state index contributed by atoms with van der Waals surface area (Å²) in [6.07, 6.45) is 1.89. The highest BCUT2D eigenvalue weighted by molar-refractivity contribution is 5.95. The second-order valence-electron chi connectivity index (χ2n) is 8.50. The number of rotatable bonds is 5. The minimum Gasteiger partial charge on any atom is -0.446 e. The van der Waals surface area contributed by atoms with Gasteiger partial charge in [0, 0.05) is 19.6 Å². The summed E-state index contributed by atoms with van der Waals surface area (Å²) in [7, 11) is 0. The Labute approximate surface area is 171 Å². The van der Waals surface area contributed by atoms with Gasteiger partial charge < -0.3 is 4.74 Å². The SMILES string of the molecule is O=C1OC[C@@H](c2ccccc2)N1C(=O)[C@@H]1CN(Cc2ccccc2)C[C@H]1C1CC1. The van der Waals surface area contributed by atoms with Crippen LogP contribution in [-0.2, 0) is 16.1 Å². The number of hydrogen-bond donors (Lipinski definition) is 0. The van der Waals surface area contributed by atoms with Crippen LogP contribution in [0.1, 0.15) is 30.0 Å². The molecule has 2 aliphatic heterocycles. The molecule has 2 aromatic rings. The van der Waals surface area contributed by atoms with Gasteiger partial charge in [-0.1, -0.05) is 60.7 Å². The smallest absolute Gasteiger partial charge is 0.417 e. The first kappa shape index (κ1) is 18.4. The Hall–Kier alpha value is -2.66. The van der Waals surface area contributed by atoms with Gasteiger partial charge in [-0.2, -0.15) is 0 Å². The van der Waals surface area contributed by atoms with Crippen molar-refractivity contribution >= 4 is 12.0 Å². The number of ether oxygens (including phenoxy) is 1. The molecular weight excluding hydrogens is 364 g/mol. The van der Waals surface area contributed by atoms with Crippen molar-refractivity contribution in [2.45, 2.75) is 25.4 Å². The van der Waals surface area contributed by atoms with E-state index in [0.29, 0.717) is 18.4 Å². The van der Waals surface area contributed by atoms with Crippen LogP contribution in [0.3, 0.4) is 0 Å². The molecule has 0 unspecified atom stereocenters. The Morgan fingerprint density at radius 1 is 0.966 bits per heavy atom. The lowest BCUT2D eigenvalue weighted by atomic mass is 9.89. The Morgan fingerprint density at radius 3 is 2.34 bits per heavy atom. The summed E-state index contributed by atoms with van der Waals surface area (Å²) >= 11 is 0. The van der Waals surface area contributed by atoms with Crippen LogP contribution in [0.2, 0.25) is 0 Å². The van der Waals surface area contributed by atoms with Gasteiger partial charge in [0.05, 0.1) is 5.92 Å². The van der Waals surface area contributed by atoms with Crippen molar-refractivity contribution in [2.24, 2.45) is 17.8 Å². The number of carbonyl (C=O) groups excluding carboxylic acids is 2. The van der Waals surface area contributed by atoms with Crippen LogP contribution in [0.5, 0.6) is 0 Å². The molecule has 1 saturated carbocycles. The van der Waals surface area contributed by atoms with Crippen LogP contribution >= 0.6 is 0 Å². The summed E-state index contributed by atoms with van der Waals surface area (Å²) in [6.45, 7) is 2.72. The number of amides is 2. The van der Waals surface area contributed by atoms with Gasteiger partial charge in [-0.05, 0) is 35.8 Å². The lowest BCUT2D eigenvalue weighted by Gasteiger charge is -2.25. The van der Waals surface area contributed by atoms with Gasteiger partial charge >= 0.3 is 6.09 Å². The van der Waals surface area contributed by atoms with E-state index >= 15 is 0 Å². The van der Waals surface area contributed by atoms with Crippen LogP contribution in [0, 0.1) is 17.8 Å². The van der Waals surface area contributed by atoms with Gasteiger partial charge in [0.25, 0.3) is 0 Å². The minimum absolute atomic E-state index is 0.0613. The monoisotopic (exact) mass is 390 g/mol. The molecule has 29 heavy (non-hydrogen) atoms. The molecule has 2 amide bonds. The number of imide groups is 1. The average molecular weight is 390 g/mol. The van der Waals surface area contributed by atoms with Crippen molar-refractivity contribution in [3.63, 3.8) is 0 Å². The molecule has 150 valence electrons. The number of carbonyl (C=O) groups is 2. The van der Waals surface area contributed by atoms with E-state index in [1.54, 1.807) is 0 Å². The van der Waals surface area contributed by atoms with Gasteiger partial charge in [0.2, 0.25) is 5.91 Å². The second kappa shape index (κ2) is 7.64. The number of nitrogens with zero attached hydrogens (tertiary/aromatic N) is 2. The average Bonchev–Trinajstić information content (AvgIpc) is 3.40. The molecule has 0 N–H and O–H groups in total. The fraction of sp³-hybridized carbons (Fsp3) is 0.417. The molecule has 1 aliphatic carbocycles. The summed E-state index contributed by atoms with van der Waals surface area (Å²) < 4.78 is 5.30. The van der Waals surface area contributed by atoms with Crippen molar-refractivity contribution in [3.05, 3.63) is 71.8 Å². The van der Waals surface area contributed by atoms with Crippen LogP contribution in [0.15, 0.2) is 60.7 Å². The summed E-state index contributed by atoms with van der Waals surface area (Å²) in [6, 6.07) is 19.8. The van der Waals surface area contributed by atoms with Crippen molar-refractivity contribution < 1.29 is 14.3 Å². The predicted octanol–water partition coefficient (Wildman–Crippen LogP) is 3.86. The van der Waals surface area contributed by atoms with E-state index in [0.717, 1.165) is 18.7 Å². The van der Waals surface area contributed by atoms with E-state index in [1.165, 1.54) is 23.3 Å². The maximum Gasteiger partial charge on any atom is 0.417 e. The quantitative estimate of drug-likeness (QED) is 0.778. The minimum atomic E-state index is -0.500. The molecule has 0 bridgehead atoms. The molecule has 2 heterocycles. The highest BCUT2D eigenvalue weighted by Crippen LogP contribution is 2.45. The van der Waals surface area contributed by atoms with Crippen LogP contribution in [0.25, 0.3) is 0 Å². The van der Waals surface area contributed by atoms with Crippen molar-refractivity contribution in [2.75, 3.05) is 19.7 Å². The summed E-state index contributed by atoms with van der Waals surface area (Å²) in [5, 5.41) is 0. The maximum atomic E-state index is 13.6. The second-order valence-corrected chi connectivity index (χ2v) is 8.50. The van der Waals surface area contributed by atoms with E-state index in [1.807, 2.05) is 36.4 Å². The van der Waals surface area contributed by atoms with Crippen LogP contribution in [0.4, 0.5) is 4.79 Å². The Balaban J connectivity index is 1.36. The summed E-state index contributed by atoms with van der Waals surface area (Å²) in [5.41, 5.74) is 2.21. The molecule has 0 radical (unpaired) electrons. The zero-order valence-corrected chi connectivity index (χ0v) is 16.4. The van der Waals surface area contributed by atoms with E-state index in [2.05, 4.69) is 29.2 Å². The third kappa shape index (κ3) is 3.67. The first-order valence-electron chi connectivity index (χ1n) is 10.5. The topological polar surface area (TPSA) is 49.9 Å². The standard InChI is InChI=1S/C24H26N2O3/c27-23(26-22(16-29-24(26)28)19-9-5-2-6-10-19)21-15-25(14-20(21)18-11-12-18)13-17-7-3-1-4-8-17/h1-10,18,20-22H,11-16H2/t20-,21+,22-/m0/s1. The lowest BCUT2D eigenvalue weighted by Crippen LogP contribution is -2.41. The summed E-state index contributed by atoms with van der Waals surface area (Å²) in [5.74, 6) is 0.742. The highest BCUT2D eigenvalue weighted by Gasteiger charge is 2.50. The third-order valence-electron chi connectivity index (χ3n) is 6.53. The van der Waals surface area contributed by atoms with Crippen molar-refractivity contribution in [3.8, 4) is 0 Å². The molecule has 5 heteroatoms. The molecule has 0 spiro atoms. The molecular formula is C24H26N2O3. The molecule has 3 fully saturated rings. The van der Waals surface area contributed by atoms with Gasteiger partial charge in [-0.15, -0.1) is 0 Å². The summed E-state index contributed by atoms with van der Waals surface area (Å²) in [4.78, 5) is 29.8. The molecule has 0 aromatic heterocycles. The zero-order chi connectivity index (χ0) is 19.8. The lowest BCUT2D eigenvalue weighted by molar-refractivity contribution is -0.134. The van der Waals surface area contributed by atoms with E-state index in [9.17, 15) is 9.59 Å². The van der Waals surface area contributed by atoms with Crippen molar-refractivity contribution in [1.29, 1.82) is 0 Å². The molecule has 2 saturated heterocycles. The molecule has 5 nitrogen and oxygen atoms in total. The van der Waals surface area contributed by atoms with Gasteiger partial charge in [-0.25, -0.2) is 9.69 Å². The van der Waals surface area contributed by atoms with Crippen LogP contribution < -0.4 is 0 Å². The highest BCUT2D eigenvalue weighted by atomic mass is 16.6. The molecule has 3 atom stereocenters. The first-order valence-corrected chi connectivity index (χ1v) is 10.5. The number of cyclic esters (lactones) is 1. The molecule has 3 aliphatic rings. The van der Waals surface area contributed by atoms with E-state index in [4.69, 9.17) is 4.74 Å². The Bertz CT molecular complexity index is 882. The fourth-order valence-corrected chi connectivity index (χ4v) is 4.91. The largest absolute Gasteiger partial charge is 0.446 e. The van der Waals surface area contributed by atoms with E-state index < -0.39 is 6.09 Å². The third-order valence-corrected chi connectivity index (χ3v) is 6.53. The maximum absolute atomic E-state index is 13.6. The Kier molecular flexibility index (Phi) is 4.84. The number of likely N-dealkylation sites (tertiary alicyclic amines) is 1. The Morgan fingerprint density at radius 2 is 1.66 bits per heavy atom. The first-order chi connectivity index (χ1) is 14.2. The fourth-order valence-electron chi connectivity index (χ4n) is 4.91. The number of benzene rings is 2. The van der Waals surface area contributed by atoms with Gasteiger partial charge in [0.1, 0.15) is 12.6 Å². The van der Waals surface area contributed by atoms with Crippen LogP contribution in [-0.4, -0.2) is 41.5 Å². The zero-order valence-electron chi connectivity index (χ0n) is 16.4.